The van der Waals surface area contributed by atoms with Crippen LogP contribution in [0.15, 0.2) is 84.3 Å². The van der Waals surface area contributed by atoms with Crippen molar-refractivity contribution in [1.29, 1.82) is 0 Å². The van der Waals surface area contributed by atoms with Crippen molar-refractivity contribution in [3.63, 3.8) is 0 Å². The summed E-state index contributed by atoms with van der Waals surface area (Å²) in [6.07, 6.45) is 13.7. The van der Waals surface area contributed by atoms with Crippen LogP contribution in [0, 0.1) is 0 Å². The molecule has 1 unspecified atom stereocenters. The molecule has 1 aliphatic carbocycles. The molecular formula is C19H14N2O2. The van der Waals surface area contributed by atoms with Gasteiger partial charge in [-0.2, -0.15) is 0 Å². The Morgan fingerprint density at radius 1 is 0.957 bits per heavy atom. The van der Waals surface area contributed by atoms with E-state index in [1.54, 1.807) is 0 Å². The van der Waals surface area contributed by atoms with Crippen molar-refractivity contribution in [2.45, 2.75) is 6.04 Å². The lowest BCUT2D eigenvalue weighted by Gasteiger charge is -2.33. The van der Waals surface area contributed by atoms with Crippen molar-refractivity contribution >= 4 is 17.4 Å². The molecule has 4 nitrogen and oxygen atoms in total. The normalized spacial score (nSPS) is 22.3. The van der Waals surface area contributed by atoms with Crippen LogP contribution >= 0.6 is 0 Å². The molecule has 4 heteroatoms. The van der Waals surface area contributed by atoms with Crippen molar-refractivity contribution in [3.8, 4) is 0 Å². The first-order valence-corrected chi connectivity index (χ1v) is 7.42. The maximum absolute atomic E-state index is 12.4. The van der Waals surface area contributed by atoms with E-state index in [1.807, 2.05) is 77.9 Å². The topological polar surface area (TPSA) is 49.4 Å². The Morgan fingerprint density at radius 3 is 2.61 bits per heavy atom. The van der Waals surface area contributed by atoms with Gasteiger partial charge < -0.3 is 4.90 Å². The molecule has 2 amide bonds. The molecule has 3 aliphatic rings. The number of allylic oxidation sites excluding steroid dienone is 4. The fourth-order valence-corrected chi connectivity index (χ4v) is 3.07. The zero-order chi connectivity index (χ0) is 15.8. The fraction of sp³-hybridized carbons (Fsp3) is 0.0526. The second-order valence-electron chi connectivity index (χ2n) is 5.48. The van der Waals surface area contributed by atoms with E-state index >= 15 is 0 Å². The second-order valence-corrected chi connectivity index (χ2v) is 5.48. The largest absolute Gasteiger partial charge is 0.332 e. The molecule has 112 valence electrons. The van der Waals surface area contributed by atoms with Gasteiger partial charge in [-0.15, -0.1) is 0 Å². The highest BCUT2D eigenvalue weighted by atomic mass is 16.2. The Morgan fingerprint density at radius 2 is 1.78 bits per heavy atom. The smallest absolute Gasteiger partial charge is 0.275 e. The summed E-state index contributed by atoms with van der Waals surface area (Å²) in [6.45, 7) is 0. The number of rotatable bonds is 2. The number of hydrogen-bond acceptors (Lipinski definition) is 3. The highest BCUT2D eigenvalue weighted by Crippen LogP contribution is 2.32. The fourth-order valence-electron chi connectivity index (χ4n) is 3.07. The van der Waals surface area contributed by atoms with Gasteiger partial charge in [-0.1, -0.05) is 60.7 Å². The number of carbonyl (C=O) groups excluding carboxylic acids is 2. The molecule has 0 aromatic heterocycles. The van der Waals surface area contributed by atoms with Crippen molar-refractivity contribution in [3.05, 3.63) is 89.8 Å². The van der Waals surface area contributed by atoms with Crippen LogP contribution in [-0.2, 0) is 9.59 Å². The van der Waals surface area contributed by atoms with E-state index in [0.29, 0.717) is 11.3 Å². The lowest BCUT2D eigenvalue weighted by atomic mass is 9.96. The average Bonchev–Trinajstić information content (AvgIpc) is 2.89. The van der Waals surface area contributed by atoms with E-state index in [-0.39, 0.29) is 17.9 Å². The Bertz CT molecular complexity index is 841. The van der Waals surface area contributed by atoms with Gasteiger partial charge in [0.15, 0.2) is 0 Å². The third-order valence-corrected chi connectivity index (χ3v) is 4.10. The summed E-state index contributed by atoms with van der Waals surface area (Å²) in [4.78, 5) is 26.6. The number of fused-ring (bicyclic) bond motifs is 1. The summed E-state index contributed by atoms with van der Waals surface area (Å²) < 4.78 is 0. The lowest BCUT2D eigenvalue weighted by Crippen LogP contribution is -2.36. The molecule has 0 fully saturated rings. The van der Waals surface area contributed by atoms with E-state index in [4.69, 9.17) is 0 Å². The summed E-state index contributed by atoms with van der Waals surface area (Å²) in [7, 11) is 0. The molecule has 1 aromatic rings. The highest BCUT2D eigenvalue weighted by Gasteiger charge is 2.37. The van der Waals surface area contributed by atoms with Crippen LogP contribution in [0.2, 0.25) is 0 Å². The van der Waals surface area contributed by atoms with Gasteiger partial charge in [0.05, 0.1) is 11.6 Å². The molecule has 2 aliphatic heterocycles. The summed E-state index contributed by atoms with van der Waals surface area (Å²) in [5, 5.41) is 2.42. The zero-order valence-electron chi connectivity index (χ0n) is 12.3. The van der Waals surface area contributed by atoms with Crippen LogP contribution < -0.4 is 5.32 Å². The van der Waals surface area contributed by atoms with Crippen molar-refractivity contribution in [2.75, 3.05) is 0 Å². The van der Waals surface area contributed by atoms with Crippen LogP contribution in [0.5, 0.6) is 0 Å². The Balaban J connectivity index is 1.86. The quantitative estimate of drug-likeness (QED) is 0.853. The summed E-state index contributed by atoms with van der Waals surface area (Å²) >= 11 is 0. The minimum Gasteiger partial charge on any atom is -0.332 e. The average molecular weight is 302 g/mol. The summed E-state index contributed by atoms with van der Waals surface area (Å²) in [5.74, 6) is -0.709. The molecule has 1 atom stereocenters. The number of amides is 2. The number of hydrogen-bond donors (Lipinski definition) is 1. The number of carbonyl (C=O) groups is 2. The van der Waals surface area contributed by atoms with Gasteiger partial charge in [0.25, 0.3) is 11.8 Å². The van der Waals surface area contributed by atoms with Gasteiger partial charge in [-0.3, -0.25) is 14.9 Å². The molecule has 0 spiro atoms. The zero-order valence-corrected chi connectivity index (χ0v) is 12.3. The van der Waals surface area contributed by atoms with Crippen molar-refractivity contribution in [1.82, 2.24) is 10.2 Å². The first kappa shape index (κ1) is 13.5. The number of nitrogens with one attached hydrogen (secondary N) is 1. The Hall–Kier alpha value is -3.14. The molecular weight excluding hydrogens is 288 g/mol. The van der Waals surface area contributed by atoms with Crippen LogP contribution in [0.25, 0.3) is 5.57 Å². The summed E-state index contributed by atoms with van der Waals surface area (Å²) in [6, 6.07) is 9.21. The van der Waals surface area contributed by atoms with E-state index in [0.717, 1.165) is 11.1 Å². The molecule has 0 saturated carbocycles. The maximum atomic E-state index is 12.4. The molecule has 0 saturated heterocycles. The van der Waals surface area contributed by atoms with Crippen molar-refractivity contribution < 1.29 is 9.59 Å². The number of imide groups is 1. The summed E-state index contributed by atoms with van der Waals surface area (Å²) in [5.41, 5.74) is 2.64. The molecule has 0 bridgehead atoms. The van der Waals surface area contributed by atoms with Gasteiger partial charge in [0, 0.05) is 6.20 Å². The SMILES string of the molecule is O=C1NC(=O)C(N2C=CC=C3C=CC=CC32)=C1c1ccccc1. The van der Waals surface area contributed by atoms with Gasteiger partial charge in [-0.25, -0.2) is 0 Å². The minimum atomic E-state index is -0.359. The van der Waals surface area contributed by atoms with E-state index < -0.39 is 0 Å². The van der Waals surface area contributed by atoms with Gasteiger partial charge >= 0.3 is 0 Å². The molecule has 23 heavy (non-hydrogen) atoms. The van der Waals surface area contributed by atoms with E-state index in [1.165, 1.54) is 0 Å². The van der Waals surface area contributed by atoms with Crippen LogP contribution in [0.1, 0.15) is 5.56 Å². The monoisotopic (exact) mass is 302 g/mol. The first-order valence-electron chi connectivity index (χ1n) is 7.42. The Kier molecular flexibility index (Phi) is 3.08. The standard InChI is InChI=1S/C19H14N2O2/c22-18-16(14-8-2-1-3-9-14)17(19(23)20-18)21-12-6-10-13-7-4-5-11-15(13)21/h1-12,15H,(H,20,22,23). The minimum absolute atomic E-state index is 0.0737. The van der Waals surface area contributed by atoms with Crippen molar-refractivity contribution in [2.24, 2.45) is 0 Å². The number of benzene rings is 1. The highest BCUT2D eigenvalue weighted by molar-refractivity contribution is 6.35. The van der Waals surface area contributed by atoms with E-state index in [9.17, 15) is 9.59 Å². The first-order chi connectivity index (χ1) is 11.3. The third kappa shape index (κ3) is 2.16. The van der Waals surface area contributed by atoms with Crippen LogP contribution in [0.3, 0.4) is 0 Å². The molecule has 1 aromatic carbocycles. The molecule has 4 rings (SSSR count). The second kappa shape index (κ2) is 5.25. The predicted molar refractivity (Wildman–Crippen MR) is 87.6 cm³/mol. The molecule has 1 N–H and O–H groups in total. The van der Waals surface area contributed by atoms with Gasteiger partial charge in [0.2, 0.25) is 0 Å². The van der Waals surface area contributed by atoms with Gasteiger partial charge in [0.1, 0.15) is 5.70 Å². The predicted octanol–water partition coefficient (Wildman–Crippen LogP) is 2.30. The van der Waals surface area contributed by atoms with Crippen LogP contribution in [0.4, 0.5) is 0 Å². The van der Waals surface area contributed by atoms with Crippen LogP contribution in [-0.4, -0.2) is 22.8 Å². The van der Waals surface area contributed by atoms with E-state index in [2.05, 4.69) is 5.32 Å². The third-order valence-electron chi connectivity index (χ3n) is 4.10. The Labute approximate surface area is 133 Å². The lowest BCUT2D eigenvalue weighted by molar-refractivity contribution is -0.124. The van der Waals surface area contributed by atoms with Gasteiger partial charge in [-0.05, 0) is 17.2 Å². The maximum Gasteiger partial charge on any atom is 0.275 e. The molecule has 0 radical (unpaired) electrons. The number of nitrogens with zero attached hydrogens (tertiary/aromatic N) is 1. The molecule has 2 heterocycles.